The molecule has 0 unspecified atom stereocenters. The van der Waals surface area contributed by atoms with Crippen molar-refractivity contribution < 1.29 is 9.59 Å². The fourth-order valence-electron chi connectivity index (χ4n) is 7.00. The fraction of sp³-hybridized carbons (Fsp3) is 0.237. The topological polar surface area (TPSA) is 74.7 Å². The Hall–Kier alpha value is -5.17. The van der Waals surface area contributed by atoms with Gasteiger partial charge in [0.05, 0.1) is 11.4 Å². The van der Waals surface area contributed by atoms with Crippen LogP contribution in [0.3, 0.4) is 0 Å². The summed E-state index contributed by atoms with van der Waals surface area (Å²) in [6.45, 7) is 3.37. The standard InChI is InChI=1S/C38H36N4O3/c43-36(17-14-27-8-3-1-4-9-27)39-33-23-31(38(45)40-20-18-30(19-21-40)29-10-5-2-6-11-29)15-16-35(33)41-24-28-22-32(26-41)34-12-7-13-37(44)42(34)25-28/h1-18,23,28,32H,19-22,24-26H2,(H,39,43)/b17-14+/t28-,32+/m1/s1. The zero-order valence-electron chi connectivity index (χ0n) is 25.1. The zero-order valence-corrected chi connectivity index (χ0v) is 25.1. The quantitative estimate of drug-likeness (QED) is 0.275. The lowest BCUT2D eigenvalue weighted by Gasteiger charge is -2.44. The Morgan fingerprint density at radius 1 is 0.844 bits per heavy atom. The molecule has 3 aliphatic heterocycles. The highest BCUT2D eigenvalue weighted by Crippen LogP contribution is 2.39. The Kier molecular flexibility index (Phi) is 7.91. The molecule has 2 bridgehead atoms. The first kappa shape index (κ1) is 28.6. The number of nitrogens with one attached hydrogen (secondary N) is 1. The number of rotatable bonds is 6. The number of benzene rings is 3. The fourth-order valence-corrected chi connectivity index (χ4v) is 7.00. The Balaban J connectivity index is 1.16. The van der Waals surface area contributed by atoms with Crippen LogP contribution in [0.2, 0.25) is 0 Å². The third-order valence-electron chi connectivity index (χ3n) is 9.19. The highest BCUT2D eigenvalue weighted by Gasteiger charge is 2.35. The molecule has 1 N–H and O–H groups in total. The highest BCUT2D eigenvalue weighted by molar-refractivity contribution is 6.05. The summed E-state index contributed by atoms with van der Waals surface area (Å²) < 4.78 is 1.92. The maximum Gasteiger partial charge on any atom is 0.254 e. The van der Waals surface area contributed by atoms with Crippen LogP contribution < -0.4 is 15.8 Å². The summed E-state index contributed by atoms with van der Waals surface area (Å²) in [5.74, 6) is 0.225. The Morgan fingerprint density at radius 3 is 2.42 bits per heavy atom. The monoisotopic (exact) mass is 596 g/mol. The van der Waals surface area contributed by atoms with E-state index in [2.05, 4.69) is 34.5 Å². The number of nitrogens with zero attached hydrogens (tertiary/aromatic N) is 3. The van der Waals surface area contributed by atoms with Crippen molar-refractivity contribution in [1.29, 1.82) is 0 Å². The molecule has 0 saturated carbocycles. The molecule has 3 aromatic carbocycles. The normalized spacial score (nSPS) is 19.2. The first-order valence-electron chi connectivity index (χ1n) is 15.7. The Bertz CT molecular complexity index is 1840. The second-order valence-electron chi connectivity index (χ2n) is 12.2. The van der Waals surface area contributed by atoms with Crippen molar-refractivity contribution in [2.24, 2.45) is 5.92 Å². The van der Waals surface area contributed by atoms with Crippen LogP contribution >= 0.6 is 0 Å². The molecule has 45 heavy (non-hydrogen) atoms. The van der Waals surface area contributed by atoms with Crippen molar-refractivity contribution in [2.45, 2.75) is 25.3 Å². The molecule has 0 aliphatic carbocycles. The zero-order chi connectivity index (χ0) is 30.8. The van der Waals surface area contributed by atoms with Crippen LogP contribution in [0.4, 0.5) is 11.4 Å². The van der Waals surface area contributed by atoms with Crippen molar-refractivity contribution in [1.82, 2.24) is 9.47 Å². The summed E-state index contributed by atoms with van der Waals surface area (Å²) in [5.41, 5.74) is 6.56. The third-order valence-corrected chi connectivity index (χ3v) is 9.19. The van der Waals surface area contributed by atoms with E-state index in [1.807, 2.05) is 82.3 Å². The van der Waals surface area contributed by atoms with Crippen LogP contribution in [0.25, 0.3) is 11.6 Å². The summed E-state index contributed by atoms with van der Waals surface area (Å²) in [4.78, 5) is 43.7. The van der Waals surface area contributed by atoms with Crippen molar-refractivity contribution in [3.8, 4) is 0 Å². The summed E-state index contributed by atoms with van der Waals surface area (Å²) >= 11 is 0. The summed E-state index contributed by atoms with van der Waals surface area (Å²) in [5, 5.41) is 3.09. The van der Waals surface area contributed by atoms with Crippen molar-refractivity contribution >= 4 is 34.8 Å². The Morgan fingerprint density at radius 2 is 1.64 bits per heavy atom. The van der Waals surface area contributed by atoms with E-state index in [1.54, 1.807) is 12.1 Å². The van der Waals surface area contributed by atoms with E-state index in [-0.39, 0.29) is 23.3 Å². The number of anilines is 2. The largest absolute Gasteiger partial charge is 0.369 e. The maximum absolute atomic E-state index is 13.7. The van der Waals surface area contributed by atoms with Gasteiger partial charge < -0.3 is 19.7 Å². The van der Waals surface area contributed by atoms with Gasteiger partial charge in [-0.1, -0.05) is 72.8 Å². The number of carbonyl (C=O) groups is 2. The number of pyridine rings is 1. The van der Waals surface area contributed by atoms with Gasteiger partial charge in [-0.05, 0) is 65.8 Å². The first-order chi connectivity index (χ1) is 22.0. The molecule has 7 heteroatoms. The number of hydrogen-bond acceptors (Lipinski definition) is 4. The molecule has 7 nitrogen and oxygen atoms in total. The van der Waals surface area contributed by atoms with E-state index in [1.165, 1.54) is 17.2 Å². The second-order valence-corrected chi connectivity index (χ2v) is 12.2. The predicted octanol–water partition coefficient (Wildman–Crippen LogP) is 6.05. The molecule has 4 heterocycles. The van der Waals surface area contributed by atoms with Gasteiger partial charge in [-0.3, -0.25) is 14.4 Å². The van der Waals surface area contributed by atoms with Crippen LogP contribution in [-0.4, -0.2) is 47.5 Å². The van der Waals surface area contributed by atoms with Crippen molar-refractivity contribution in [3.63, 3.8) is 0 Å². The van der Waals surface area contributed by atoms with Gasteiger partial charge in [-0.2, -0.15) is 0 Å². The van der Waals surface area contributed by atoms with Gasteiger partial charge in [-0.25, -0.2) is 0 Å². The van der Waals surface area contributed by atoms with Crippen molar-refractivity contribution in [3.05, 3.63) is 142 Å². The van der Waals surface area contributed by atoms with Crippen LogP contribution in [0, 0.1) is 5.92 Å². The minimum atomic E-state index is -0.257. The van der Waals surface area contributed by atoms with Gasteiger partial charge in [0.15, 0.2) is 0 Å². The highest BCUT2D eigenvalue weighted by atomic mass is 16.2. The average molecular weight is 597 g/mol. The molecule has 2 amide bonds. The van der Waals surface area contributed by atoms with E-state index < -0.39 is 0 Å². The number of piperidine rings is 1. The summed E-state index contributed by atoms with van der Waals surface area (Å²) in [7, 11) is 0. The van der Waals surface area contributed by atoms with Crippen LogP contribution in [0.5, 0.6) is 0 Å². The molecule has 226 valence electrons. The van der Waals surface area contributed by atoms with Gasteiger partial charge in [-0.15, -0.1) is 0 Å². The molecule has 4 aromatic rings. The number of fused-ring (bicyclic) bond motifs is 4. The second kappa shape index (κ2) is 12.4. The smallest absolute Gasteiger partial charge is 0.254 e. The molecular weight excluding hydrogens is 560 g/mol. The number of amides is 2. The molecule has 1 saturated heterocycles. The minimum Gasteiger partial charge on any atom is -0.369 e. The molecule has 2 atom stereocenters. The van der Waals surface area contributed by atoms with Gasteiger partial charge in [0.2, 0.25) is 5.91 Å². The molecule has 1 aromatic heterocycles. The van der Waals surface area contributed by atoms with Gasteiger partial charge in [0.1, 0.15) is 0 Å². The van der Waals surface area contributed by atoms with E-state index in [4.69, 9.17) is 0 Å². The third kappa shape index (κ3) is 6.11. The number of carbonyl (C=O) groups excluding carboxylic acids is 2. The van der Waals surface area contributed by atoms with E-state index in [0.29, 0.717) is 36.8 Å². The van der Waals surface area contributed by atoms with Crippen LogP contribution in [-0.2, 0) is 11.3 Å². The predicted molar refractivity (Wildman–Crippen MR) is 179 cm³/mol. The van der Waals surface area contributed by atoms with Gasteiger partial charge >= 0.3 is 0 Å². The minimum absolute atomic E-state index is 0.0518. The van der Waals surface area contributed by atoms with Gasteiger partial charge in [0.25, 0.3) is 11.5 Å². The lowest BCUT2D eigenvalue weighted by molar-refractivity contribution is -0.111. The van der Waals surface area contributed by atoms with Crippen molar-refractivity contribution in [2.75, 3.05) is 36.4 Å². The molecule has 1 fully saturated rings. The van der Waals surface area contributed by atoms with E-state index >= 15 is 0 Å². The van der Waals surface area contributed by atoms with E-state index in [9.17, 15) is 14.4 Å². The maximum atomic E-state index is 13.7. The van der Waals surface area contributed by atoms with E-state index in [0.717, 1.165) is 42.9 Å². The molecule has 0 spiro atoms. The molecule has 0 radical (unpaired) electrons. The molecule has 7 rings (SSSR count). The summed E-state index contributed by atoms with van der Waals surface area (Å²) in [6, 6.07) is 31.2. The Labute approximate surface area is 263 Å². The lowest BCUT2D eigenvalue weighted by atomic mass is 9.83. The SMILES string of the molecule is O=C(/C=C/c1ccccc1)Nc1cc(C(=O)N2CC=C(c3ccccc3)CC2)ccc1N1C[C@H]2C[C@@H](C1)c1cccc(=O)n1C2. The lowest BCUT2D eigenvalue weighted by Crippen LogP contribution is -2.47. The first-order valence-corrected chi connectivity index (χ1v) is 15.7. The molecular formula is C38H36N4O3. The summed E-state index contributed by atoms with van der Waals surface area (Å²) in [6.07, 6.45) is 7.28. The van der Waals surface area contributed by atoms with Crippen LogP contribution in [0.1, 0.15) is 45.9 Å². The number of aromatic nitrogens is 1. The van der Waals surface area contributed by atoms with Crippen LogP contribution in [0.15, 0.2) is 114 Å². The number of hydrogen-bond donors (Lipinski definition) is 1. The molecule has 3 aliphatic rings. The average Bonchev–Trinajstić information content (AvgIpc) is 3.08. The van der Waals surface area contributed by atoms with Gasteiger partial charge in [0, 0.05) is 62.0 Å².